The molecular formula is C16H25NO. The first-order valence-electron chi connectivity index (χ1n) is 7.05. The Morgan fingerprint density at radius 1 is 1.39 bits per heavy atom. The molecule has 1 aromatic rings. The van der Waals surface area contributed by atoms with Gasteiger partial charge < -0.3 is 10.1 Å². The van der Waals surface area contributed by atoms with E-state index in [0.29, 0.717) is 6.04 Å². The van der Waals surface area contributed by atoms with Crippen LogP contribution in [-0.2, 0) is 12.8 Å². The zero-order valence-electron chi connectivity index (χ0n) is 12.0. The zero-order chi connectivity index (χ0) is 13.2. The van der Waals surface area contributed by atoms with Crippen LogP contribution in [0.2, 0.25) is 0 Å². The van der Waals surface area contributed by atoms with Crippen molar-refractivity contribution in [2.24, 2.45) is 0 Å². The van der Waals surface area contributed by atoms with E-state index in [1.54, 1.807) is 0 Å². The van der Waals surface area contributed by atoms with Gasteiger partial charge in [-0.05, 0) is 51.3 Å². The molecule has 0 fully saturated rings. The van der Waals surface area contributed by atoms with Crippen LogP contribution in [0, 0.1) is 0 Å². The summed E-state index contributed by atoms with van der Waals surface area (Å²) in [5.74, 6) is 1.14. The van der Waals surface area contributed by atoms with Crippen molar-refractivity contribution in [2.45, 2.75) is 58.6 Å². The van der Waals surface area contributed by atoms with E-state index in [-0.39, 0.29) is 5.60 Å². The molecule has 100 valence electrons. The van der Waals surface area contributed by atoms with Gasteiger partial charge in [-0.25, -0.2) is 0 Å². The molecule has 0 spiro atoms. The molecule has 0 saturated carbocycles. The number of nitrogens with one attached hydrogen (secondary N) is 1. The van der Waals surface area contributed by atoms with Crippen LogP contribution < -0.4 is 10.1 Å². The number of aryl methyl sites for hydroxylation is 1. The molecule has 0 radical (unpaired) electrons. The molecule has 0 bridgehead atoms. The molecule has 0 aliphatic carbocycles. The first-order valence-corrected chi connectivity index (χ1v) is 7.05. The van der Waals surface area contributed by atoms with E-state index in [4.69, 9.17) is 4.74 Å². The lowest BCUT2D eigenvalue weighted by atomic mass is 9.98. The van der Waals surface area contributed by atoms with Crippen molar-refractivity contribution in [1.29, 1.82) is 0 Å². The summed E-state index contributed by atoms with van der Waals surface area (Å²) in [4.78, 5) is 0. The monoisotopic (exact) mass is 247 g/mol. The smallest absolute Gasteiger partial charge is 0.126 e. The highest BCUT2D eigenvalue weighted by molar-refractivity contribution is 5.45. The third-order valence-corrected chi connectivity index (χ3v) is 3.57. The first kappa shape index (κ1) is 13.4. The van der Waals surface area contributed by atoms with Crippen LogP contribution in [0.15, 0.2) is 18.2 Å². The van der Waals surface area contributed by atoms with Crippen molar-refractivity contribution in [3.63, 3.8) is 0 Å². The second-order valence-electron chi connectivity index (χ2n) is 5.94. The summed E-state index contributed by atoms with van der Waals surface area (Å²) in [6.45, 7) is 9.77. The van der Waals surface area contributed by atoms with Crippen LogP contribution >= 0.6 is 0 Å². The average molecular weight is 247 g/mol. The Balaban J connectivity index is 2.05. The van der Waals surface area contributed by atoms with E-state index in [1.165, 1.54) is 11.1 Å². The topological polar surface area (TPSA) is 21.3 Å². The fourth-order valence-corrected chi connectivity index (χ4v) is 2.70. The normalized spacial score (nSPS) is 18.2. The lowest BCUT2D eigenvalue weighted by molar-refractivity contribution is 0.137. The van der Waals surface area contributed by atoms with Gasteiger partial charge in [-0.1, -0.05) is 25.1 Å². The summed E-state index contributed by atoms with van der Waals surface area (Å²) in [6.07, 6.45) is 3.28. The predicted molar refractivity (Wildman–Crippen MR) is 76.3 cm³/mol. The predicted octanol–water partition coefficient (Wildman–Crippen LogP) is 3.33. The maximum Gasteiger partial charge on any atom is 0.126 e. The third-order valence-electron chi connectivity index (χ3n) is 3.57. The van der Waals surface area contributed by atoms with Gasteiger partial charge in [0.15, 0.2) is 0 Å². The van der Waals surface area contributed by atoms with E-state index in [1.807, 2.05) is 0 Å². The van der Waals surface area contributed by atoms with Crippen molar-refractivity contribution < 1.29 is 4.74 Å². The Hall–Kier alpha value is -1.02. The van der Waals surface area contributed by atoms with Crippen molar-refractivity contribution in [2.75, 3.05) is 6.54 Å². The third kappa shape index (κ3) is 3.05. The van der Waals surface area contributed by atoms with Crippen LogP contribution in [0.5, 0.6) is 5.75 Å². The number of hydrogen-bond acceptors (Lipinski definition) is 2. The van der Waals surface area contributed by atoms with Gasteiger partial charge in [0.1, 0.15) is 11.4 Å². The minimum atomic E-state index is -0.0360. The quantitative estimate of drug-likeness (QED) is 0.861. The summed E-state index contributed by atoms with van der Waals surface area (Å²) in [7, 11) is 0. The van der Waals surface area contributed by atoms with E-state index in [2.05, 4.69) is 51.2 Å². The minimum absolute atomic E-state index is 0.0360. The molecule has 1 N–H and O–H groups in total. The zero-order valence-corrected chi connectivity index (χ0v) is 12.0. The number of benzene rings is 1. The molecule has 0 saturated heterocycles. The molecule has 0 amide bonds. The molecule has 1 aromatic carbocycles. The van der Waals surface area contributed by atoms with Gasteiger partial charge in [0.2, 0.25) is 0 Å². The summed E-state index contributed by atoms with van der Waals surface area (Å²) in [5.41, 5.74) is 2.70. The Labute approximate surface area is 111 Å². The van der Waals surface area contributed by atoms with E-state index < -0.39 is 0 Å². The van der Waals surface area contributed by atoms with Crippen molar-refractivity contribution in [3.05, 3.63) is 29.3 Å². The number of para-hydroxylation sites is 1. The summed E-state index contributed by atoms with van der Waals surface area (Å²) in [6, 6.07) is 7.14. The Morgan fingerprint density at radius 2 is 2.17 bits per heavy atom. The number of rotatable bonds is 5. The molecule has 1 unspecified atom stereocenters. The van der Waals surface area contributed by atoms with Gasteiger partial charge >= 0.3 is 0 Å². The van der Waals surface area contributed by atoms with E-state index in [0.717, 1.165) is 31.6 Å². The largest absolute Gasteiger partial charge is 0.487 e. The summed E-state index contributed by atoms with van der Waals surface area (Å²) >= 11 is 0. The molecule has 2 nitrogen and oxygen atoms in total. The van der Waals surface area contributed by atoms with E-state index >= 15 is 0 Å². The number of hydrogen-bond donors (Lipinski definition) is 1. The van der Waals surface area contributed by atoms with Gasteiger partial charge in [-0.2, -0.15) is 0 Å². The molecule has 1 atom stereocenters. The second-order valence-corrected chi connectivity index (χ2v) is 5.94. The van der Waals surface area contributed by atoms with Crippen LogP contribution in [0.25, 0.3) is 0 Å². The molecule has 1 heterocycles. The Bertz CT molecular complexity index is 412. The van der Waals surface area contributed by atoms with Gasteiger partial charge in [0.05, 0.1) is 0 Å². The molecule has 2 heteroatoms. The molecule has 0 aromatic heterocycles. The second kappa shape index (κ2) is 5.31. The Kier molecular flexibility index (Phi) is 3.96. The molecule has 1 aliphatic rings. The van der Waals surface area contributed by atoms with Crippen molar-refractivity contribution in [3.8, 4) is 5.75 Å². The SMILES string of the molecule is CCNC(C)CCc1cccc2c1OC(C)(C)C2. The first-order chi connectivity index (χ1) is 8.52. The number of fused-ring (bicyclic) bond motifs is 1. The summed E-state index contributed by atoms with van der Waals surface area (Å²) in [5, 5.41) is 3.46. The van der Waals surface area contributed by atoms with Crippen LogP contribution in [0.1, 0.15) is 45.2 Å². The number of ether oxygens (including phenoxy) is 1. The van der Waals surface area contributed by atoms with Crippen molar-refractivity contribution >= 4 is 0 Å². The minimum Gasteiger partial charge on any atom is -0.487 e. The van der Waals surface area contributed by atoms with Gasteiger partial charge in [0, 0.05) is 12.5 Å². The molecule has 2 rings (SSSR count). The van der Waals surface area contributed by atoms with Gasteiger partial charge in [-0.15, -0.1) is 0 Å². The fraction of sp³-hybridized carbons (Fsp3) is 0.625. The Morgan fingerprint density at radius 3 is 2.89 bits per heavy atom. The highest BCUT2D eigenvalue weighted by Crippen LogP contribution is 2.38. The van der Waals surface area contributed by atoms with Crippen LogP contribution in [0.3, 0.4) is 0 Å². The lowest BCUT2D eigenvalue weighted by Gasteiger charge is -2.19. The van der Waals surface area contributed by atoms with Crippen molar-refractivity contribution in [1.82, 2.24) is 5.32 Å². The lowest BCUT2D eigenvalue weighted by Crippen LogP contribution is -2.26. The maximum absolute atomic E-state index is 6.10. The van der Waals surface area contributed by atoms with Crippen LogP contribution in [-0.4, -0.2) is 18.2 Å². The van der Waals surface area contributed by atoms with Gasteiger partial charge in [-0.3, -0.25) is 0 Å². The average Bonchev–Trinajstić information content (AvgIpc) is 2.61. The van der Waals surface area contributed by atoms with Gasteiger partial charge in [0.25, 0.3) is 0 Å². The van der Waals surface area contributed by atoms with Crippen LogP contribution in [0.4, 0.5) is 0 Å². The standard InChI is InChI=1S/C16H25NO/c1-5-17-12(2)9-10-13-7-6-8-14-11-16(3,4)18-15(13)14/h6-8,12,17H,5,9-11H2,1-4H3. The molecule has 18 heavy (non-hydrogen) atoms. The fourth-order valence-electron chi connectivity index (χ4n) is 2.70. The van der Waals surface area contributed by atoms with E-state index in [9.17, 15) is 0 Å². The maximum atomic E-state index is 6.10. The molecule has 1 aliphatic heterocycles. The highest BCUT2D eigenvalue weighted by atomic mass is 16.5. The summed E-state index contributed by atoms with van der Waals surface area (Å²) < 4.78 is 6.10. The highest BCUT2D eigenvalue weighted by Gasteiger charge is 2.31. The molecular weight excluding hydrogens is 222 g/mol.